The summed E-state index contributed by atoms with van der Waals surface area (Å²) >= 11 is 3.51. The van der Waals surface area contributed by atoms with E-state index in [1.54, 1.807) is 0 Å². The van der Waals surface area contributed by atoms with E-state index >= 15 is 0 Å². The molecular weight excluding hydrogens is 358 g/mol. The molecular formula is C16H24BrN5O. The van der Waals surface area contributed by atoms with E-state index in [-0.39, 0.29) is 11.8 Å². The van der Waals surface area contributed by atoms with E-state index in [0.717, 1.165) is 33.7 Å². The fraction of sp³-hybridized carbons (Fsp3) is 0.562. The third kappa shape index (κ3) is 3.83. The fourth-order valence-electron chi connectivity index (χ4n) is 2.53. The molecule has 1 unspecified atom stereocenters. The predicted molar refractivity (Wildman–Crippen MR) is 93.0 cm³/mol. The monoisotopic (exact) mass is 381 g/mol. The van der Waals surface area contributed by atoms with Gasteiger partial charge in [0.15, 0.2) is 0 Å². The molecule has 0 aromatic carbocycles. The van der Waals surface area contributed by atoms with Crippen LogP contribution in [0.2, 0.25) is 0 Å². The Kier molecular flexibility index (Phi) is 5.62. The summed E-state index contributed by atoms with van der Waals surface area (Å²) in [6.07, 6.45) is 1.82. The van der Waals surface area contributed by atoms with Crippen molar-refractivity contribution < 1.29 is 4.79 Å². The second-order valence-electron chi connectivity index (χ2n) is 5.86. The van der Waals surface area contributed by atoms with Gasteiger partial charge in [0.1, 0.15) is 0 Å². The van der Waals surface area contributed by atoms with Crippen molar-refractivity contribution in [2.24, 2.45) is 5.92 Å². The number of aryl methyl sites for hydroxylation is 2. The van der Waals surface area contributed by atoms with E-state index in [9.17, 15) is 4.79 Å². The van der Waals surface area contributed by atoms with Gasteiger partial charge >= 0.3 is 0 Å². The maximum atomic E-state index is 12.3. The smallest absolute Gasteiger partial charge is 0.224 e. The Bertz CT molecular complexity index is 704. The average Bonchev–Trinajstić information content (AvgIpc) is 3.00. The molecule has 6 nitrogen and oxygen atoms in total. The van der Waals surface area contributed by atoms with Gasteiger partial charge in [0.2, 0.25) is 5.91 Å². The molecule has 0 aliphatic heterocycles. The van der Waals surface area contributed by atoms with Gasteiger partial charge in [-0.05, 0) is 43.6 Å². The summed E-state index contributed by atoms with van der Waals surface area (Å²) in [6, 6.07) is 0. The molecule has 23 heavy (non-hydrogen) atoms. The van der Waals surface area contributed by atoms with Crippen molar-refractivity contribution in [2.45, 2.75) is 54.3 Å². The molecule has 2 rings (SSSR count). The van der Waals surface area contributed by atoms with Gasteiger partial charge in [0.25, 0.3) is 0 Å². The first-order chi connectivity index (χ1) is 10.8. The predicted octanol–water partition coefficient (Wildman–Crippen LogP) is 2.74. The summed E-state index contributed by atoms with van der Waals surface area (Å²) in [6.45, 7) is 11.9. The number of hydrogen-bond acceptors (Lipinski definition) is 3. The molecule has 1 atom stereocenters. The van der Waals surface area contributed by atoms with Gasteiger partial charge in [-0.2, -0.15) is 10.2 Å². The topological polar surface area (TPSA) is 64.7 Å². The van der Waals surface area contributed by atoms with Gasteiger partial charge in [-0.25, -0.2) is 0 Å². The molecule has 0 bridgehead atoms. The molecule has 0 spiro atoms. The van der Waals surface area contributed by atoms with Crippen molar-refractivity contribution in [1.29, 1.82) is 0 Å². The highest BCUT2D eigenvalue weighted by atomic mass is 79.9. The van der Waals surface area contributed by atoms with Gasteiger partial charge < -0.3 is 5.32 Å². The van der Waals surface area contributed by atoms with Crippen LogP contribution >= 0.6 is 15.9 Å². The Hall–Kier alpha value is -1.63. The normalized spacial score (nSPS) is 12.4. The molecule has 0 aliphatic carbocycles. The number of nitrogens with one attached hydrogen (secondary N) is 1. The lowest BCUT2D eigenvalue weighted by atomic mass is 10.1. The molecule has 1 N–H and O–H groups in total. The third-order valence-electron chi connectivity index (χ3n) is 4.15. The fourth-order valence-corrected chi connectivity index (χ4v) is 2.81. The number of carbonyl (C=O) groups excluding carboxylic acids is 1. The third-order valence-corrected chi connectivity index (χ3v) is 5.29. The Morgan fingerprint density at radius 2 is 2.00 bits per heavy atom. The summed E-state index contributed by atoms with van der Waals surface area (Å²) in [5, 5.41) is 11.7. The van der Waals surface area contributed by atoms with Crippen molar-refractivity contribution in [2.75, 3.05) is 0 Å². The van der Waals surface area contributed by atoms with Crippen molar-refractivity contribution >= 4 is 21.8 Å². The van der Waals surface area contributed by atoms with Gasteiger partial charge in [-0.3, -0.25) is 14.2 Å². The molecule has 2 aromatic rings. The zero-order chi connectivity index (χ0) is 17.1. The van der Waals surface area contributed by atoms with Crippen LogP contribution in [0.25, 0.3) is 0 Å². The first-order valence-corrected chi connectivity index (χ1v) is 8.62. The summed E-state index contributed by atoms with van der Waals surface area (Å²) in [7, 11) is 0. The first kappa shape index (κ1) is 17.7. The number of nitrogens with zero attached hydrogens (tertiary/aromatic N) is 4. The van der Waals surface area contributed by atoms with Crippen molar-refractivity contribution in [1.82, 2.24) is 24.9 Å². The van der Waals surface area contributed by atoms with E-state index in [1.165, 1.54) is 0 Å². The molecule has 0 saturated carbocycles. The van der Waals surface area contributed by atoms with Crippen molar-refractivity contribution in [3.63, 3.8) is 0 Å². The van der Waals surface area contributed by atoms with Gasteiger partial charge in [-0.1, -0.05) is 6.92 Å². The molecule has 1 amide bonds. The summed E-state index contributed by atoms with van der Waals surface area (Å²) in [4.78, 5) is 12.3. The van der Waals surface area contributed by atoms with Crippen molar-refractivity contribution in [3.05, 3.63) is 33.3 Å². The van der Waals surface area contributed by atoms with Crippen molar-refractivity contribution in [3.8, 4) is 0 Å². The van der Waals surface area contributed by atoms with E-state index < -0.39 is 0 Å². The summed E-state index contributed by atoms with van der Waals surface area (Å²) in [5.74, 6) is -0.126. The second-order valence-corrected chi connectivity index (χ2v) is 6.65. The van der Waals surface area contributed by atoms with E-state index in [0.29, 0.717) is 13.1 Å². The van der Waals surface area contributed by atoms with Crippen LogP contribution < -0.4 is 5.32 Å². The molecule has 0 radical (unpaired) electrons. The van der Waals surface area contributed by atoms with Crippen LogP contribution in [-0.4, -0.2) is 25.5 Å². The molecule has 126 valence electrons. The highest BCUT2D eigenvalue weighted by Crippen LogP contribution is 2.20. The summed E-state index contributed by atoms with van der Waals surface area (Å²) < 4.78 is 4.82. The summed E-state index contributed by atoms with van der Waals surface area (Å²) in [5.41, 5.74) is 4.14. The largest absolute Gasteiger partial charge is 0.352 e. The first-order valence-electron chi connectivity index (χ1n) is 7.83. The number of rotatable bonds is 6. The van der Waals surface area contributed by atoms with Gasteiger partial charge in [-0.15, -0.1) is 0 Å². The highest BCUT2D eigenvalue weighted by Gasteiger charge is 2.17. The minimum atomic E-state index is -0.151. The second kappa shape index (κ2) is 7.29. The Labute approximate surface area is 145 Å². The zero-order valence-corrected chi connectivity index (χ0v) is 15.9. The Morgan fingerprint density at radius 3 is 2.52 bits per heavy atom. The van der Waals surface area contributed by atoms with Crippen LogP contribution in [0.15, 0.2) is 10.7 Å². The molecule has 0 saturated heterocycles. The molecule has 0 fully saturated rings. The van der Waals surface area contributed by atoms with Gasteiger partial charge in [0.05, 0.1) is 28.8 Å². The Balaban J connectivity index is 1.94. The molecule has 7 heteroatoms. The maximum absolute atomic E-state index is 12.3. The molecule has 2 aromatic heterocycles. The SMILES string of the molecule is CCn1ncc(CNC(=O)C(C)Cn2nc(C)c(Br)c2C)c1C. The maximum Gasteiger partial charge on any atom is 0.224 e. The number of halogens is 1. The van der Waals surface area contributed by atoms with E-state index in [4.69, 9.17) is 0 Å². The number of aromatic nitrogens is 4. The van der Waals surface area contributed by atoms with E-state index in [2.05, 4.69) is 38.4 Å². The Morgan fingerprint density at radius 1 is 1.30 bits per heavy atom. The lowest BCUT2D eigenvalue weighted by Crippen LogP contribution is -2.31. The molecule has 0 aliphatic rings. The van der Waals surface area contributed by atoms with Crippen LogP contribution in [0.3, 0.4) is 0 Å². The van der Waals surface area contributed by atoms with Crippen LogP contribution in [0.4, 0.5) is 0 Å². The standard InChI is InChI=1S/C16H24BrN5O/c1-6-21-12(4)14(8-19-21)7-18-16(23)10(2)9-22-13(5)15(17)11(3)20-22/h8,10H,6-7,9H2,1-5H3,(H,18,23). The minimum Gasteiger partial charge on any atom is -0.352 e. The highest BCUT2D eigenvalue weighted by molar-refractivity contribution is 9.10. The van der Waals surface area contributed by atoms with E-state index in [1.807, 2.05) is 43.3 Å². The molecule has 2 heterocycles. The van der Waals surface area contributed by atoms with Crippen LogP contribution in [0, 0.1) is 26.7 Å². The lowest BCUT2D eigenvalue weighted by molar-refractivity contribution is -0.125. The van der Waals surface area contributed by atoms with Crippen LogP contribution in [0.5, 0.6) is 0 Å². The average molecular weight is 382 g/mol. The minimum absolute atomic E-state index is 0.0253. The van der Waals surface area contributed by atoms with Crippen LogP contribution in [-0.2, 0) is 24.4 Å². The number of amides is 1. The quantitative estimate of drug-likeness (QED) is 0.836. The number of carbonyl (C=O) groups is 1. The van der Waals surface area contributed by atoms with Crippen LogP contribution in [0.1, 0.15) is 36.5 Å². The van der Waals surface area contributed by atoms with Gasteiger partial charge in [0, 0.05) is 30.0 Å². The lowest BCUT2D eigenvalue weighted by Gasteiger charge is -2.13. The number of hydrogen-bond donors (Lipinski definition) is 1. The zero-order valence-electron chi connectivity index (χ0n) is 14.4.